The molecular formula is C20H22ClN3O3. The van der Waals surface area contributed by atoms with Crippen LogP contribution in [0.3, 0.4) is 0 Å². The molecule has 142 valence electrons. The molecule has 1 fully saturated rings. The van der Waals surface area contributed by atoms with Crippen molar-refractivity contribution in [2.75, 3.05) is 30.4 Å². The van der Waals surface area contributed by atoms with Crippen LogP contribution < -0.4 is 15.0 Å². The SMILES string of the molecule is COc1ccc(Cl)cc1N1CCN(C(=O)Nc2ccc(C)cc2)[C@@H](C)C1=O. The highest BCUT2D eigenvalue weighted by Gasteiger charge is 2.36. The molecule has 1 saturated heterocycles. The van der Waals surface area contributed by atoms with Crippen molar-refractivity contribution in [1.82, 2.24) is 4.90 Å². The van der Waals surface area contributed by atoms with Crippen molar-refractivity contribution in [3.8, 4) is 5.75 Å². The van der Waals surface area contributed by atoms with Crippen LogP contribution in [0.5, 0.6) is 5.75 Å². The first-order valence-corrected chi connectivity index (χ1v) is 9.07. The van der Waals surface area contributed by atoms with Gasteiger partial charge in [-0.3, -0.25) is 4.79 Å². The number of hydrogen-bond donors (Lipinski definition) is 1. The summed E-state index contributed by atoms with van der Waals surface area (Å²) >= 11 is 6.09. The number of benzene rings is 2. The van der Waals surface area contributed by atoms with Crippen molar-refractivity contribution in [3.63, 3.8) is 0 Å². The molecule has 1 heterocycles. The maximum atomic E-state index is 12.9. The van der Waals surface area contributed by atoms with Gasteiger partial charge in [0.25, 0.3) is 0 Å². The molecule has 7 heteroatoms. The molecule has 2 aromatic carbocycles. The number of carbonyl (C=O) groups excluding carboxylic acids is 2. The van der Waals surface area contributed by atoms with Crippen LogP contribution in [-0.2, 0) is 4.79 Å². The van der Waals surface area contributed by atoms with Crippen LogP contribution in [0.15, 0.2) is 42.5 Å². The molecule has 0 radical (unpaired) electrons. The fourth-order valence-corrected chi connectivity index (χ4v) is 3.26. The average Bonchev–Trinajstić information content (AvgIpc) is 2.65. The van der Waals surface area contributed by atoms with Crippen molar-refractivity contribution < 1.29 is 14.3 Å². The molecule has 2 aromatic rings. The number of aryl methyl sites for hydroxylation is 1. The van der Waals surface area contributed by atoms with Crippen LogP contribution in [0, 0.1) is 6.92 Å². The largest absolute Gasteiger partial charge is 0.495 e. The Morgan fingerprint density at radius 3 is 2.56 bits per heavy atom. The van der Waals surface area contributed by atoms with E-state index in [0.717, 1.165) is 5.56 Å². The summed E-state index contributed by atoms with van der Waals surface area (Å²) in [4.78, 5) is 28.7. The molecule has 27 heavy (non-hydrogen) atoms. The van der Waals surface area contributed by atoms with Gasteiger partial charge in [-0.1, -0.05) is 29.3 Å². The summed E-state index contributed by atoms with van der Waals surface area (Å²) in [5.74, 6) is 0.387. The molecule has 1 atom stereocenters. The number of urea groups is 1. The molecule has 1 aliphatic rings. The monoisotopic (exact) mass is 387 g/mol. The van der Waals surface area contributed by atoms with E-state index in [1.807, 2.05) is 31.2 Å². The predicted octanol–water partition coefficient (Wildman–Crippen LogP) is 3.93. The molecule has 3 rings (SSSR count). The van der Waals surface area contributed by atoms with Crippen molar-refractivity contribution in [2.45, 2.75) is 19.9 Å². The van der Waals surface area contributed by atoms with E-state index in [4.69, 9.17) is 16.3 Å². The Labute approximate surface area is 163 Å². The highest BCUT2D eigenvalue weighted by Crippen LogP contribution is 2.33. The van der Waals surface area contributed by atoms with Gasteiger partial charge in [-0.25, -0.2) is 4.79 Å². The topological polar surface area (TPSA) is 61.9 Å². The predicted molar refractivity (Wildman–Crippen MR) is 107 cm³/mol. The Morgan fingerprint density at radius 2 is 1.89 bits per heavy atom. The number of rotatable bonds is 3. The second-order valence-corrected chi connectivity index (χ2v) is 6.91. The number of nitrogens with one attached hydrogen (secondary N) is 1. The van der Waals surface area contributed by atoms with Gasteiger partial charge in [0.1, 0.15) is 11.8 Å². The van der Waals surface area contributed by atoms with Crippen molar-refractivity contribution in [2.24, 2.45) is 0 Å². The summed E-state index contributed by atoms with van der Waals surface area (Å²) in [6, 6.07) is 11.8. The summed E-state index contributed by atoms with van der Waals surface area (Å²) in [6.45, 7) is 4.47. The van der Waals surface area contributed by atoms with Gasteiger partial charge in [-0.05, 0) is 44.2 Å². The third-order valence-corrected chi connectivity index (χ3v) is 4.89. The molecule has 1 N–H and O–H groups in total. The minimum atomic E-state index is -0.604. The number of piperazine rings is 1. The third kappa shape index (κ3) is 4.01. The molecule has 1 aliphatic heterocycles. The van der Waals surface area contributed by atoms with Gasteiger partial charge in [0.05, 0.1) is 12.8 Å². The Morgan fingerprint density at radius 1 is 1.19 bits per heavy atom. The van der Waals surface area contributed by atoms with Gasteiger partial charge in [-0.2, -0.15) is 0 Å². The van der Waals surface area contributed by atoms with E-state index >= 15 is 0 Å². The van der Waals surface area contributed by atoms with E-state index in [1.54, 1.807) is 37.1 Å². The van der Waals surface area contributed by atoms with Crippen LogP contribution in [0.2, 0.25) is 5.02 Å². The van der Waals surface area contributed by atoms with Crippen LogP contribution in [0.1, 0.15) is 12.5 Å². The van der Waals surface area contributed by atoms with E-state index in [-0.39, 0.29) is 11.9 Å². The lowest BCUT2D eigenvalue weighted by Crippen LogP contribution is -2.58. The Kier molecular flexibility index (Phi) is 5.56. The number of halogens is 1. The average molecular weight is 388 g/mol. The summed E-state index contributed by atoms with van der Waals surface area (Å²) in [5.41, 5.74) is 2.42. The van der Waals surface area contributed by atoms with Crippen LogP contribution in [0.4, 0.5) is 16.2 Å². The fourth-order valence-electron chi connectivity index (χ4n) is 3.09. The Bertz CT molecular complexity index is 854. The van der Waals surface area contributed by atoms with E-state index in [1.165, 1.54) is 4.90 Å². The normalized spacial score (nSPS) is 17.0. The number of methoxy groups -OCH3 is 1. The number of carbonyl (C=O) groups is 2. The van der Waals surface area contributed by atoms with E-state index in [0.29, 0.717) is 35.2 Å². The first-order valence-electron chi connectivity index (χ1n) is 8.70. The van der Waals surface area contributed by atoms with E-state index in [9.17, 15) is 9.59 Å². The highest BCUT2D eigenvalue weighted by molar-refractivity contribution is 6.31. The van der Waals surface area contributed by atoms with Crippen molar-refractivity contribution >= 4 is 34.9 Å². The Balaban J connectivity index is 1.75. The molecule has 0 saturated carbocycles. The van der Waals surface area contributed by atoms with Gasteiger partial charge in [0, 0.05) is 23.8 Å². The molecule has 0 unspecified atom stereocenters. The maximum absolute atomic E-state index is 12.9. The van der Waals surface area contributed by atoms with E-state index < -0.39 is 6.04 Å². The summed E-state index contributed by atoms with van der Waals surface area (Å²) in [6.07, 6.45) is 0. The zero-order chi connectivity index (χ0) is 19.6. The summed E-state index contributed by atoms with van der Waals surface area (Å²) in [7, 11) is 1.55. The summed E-state index contributed by atoms with van der Waals surface area (Å²) < 4.78 is 5.35. The number of amides is 3. The lowest BCUT2D eigenvalue weighted by Gasteiger charge is -2.39. The molecule has 6 nitrogen and oxygen atoms in total. The second kappa shape index (κ2) is 7.88. The van der Waals surface area contributed by atoms with Gasteiger partial charge in [0.2, 0.25) is 5.91 Å². The van der Waals surface area contributed by atoms with Gasteiger partial charge < -0.3 is 19.9 Å². The lowest BCUT2D eigenvalue weighted by molar-refractivity contribution is -0.123. The van der Waals surface area contributed by atoms with E-state index in [2.05, 4.69) is 5.32 Å². The number of anilines is 2. The summed E-state index contributed by atoms with van der Waals surface area (Å²) in [5, 5.41) is 3.37. The second-order valence-electron chi connectivity index (χ2n) is 6.47. The quantitative estimate of drug-likeness (QED) is 0.868. The van der Waals surface area contributed by atoms with Crippen molar-refractivity contribution in [1.29, 1.82) is 0 Å². The zero-order valence-corrected chi connectivity index (χ0v) is 16.3. The third-order valence-electron chi connectivity index (χ3n) is 4.65. The van der Waals surface area contributed by atoms with Crippen LogP contribution in [0.25, 0.3) is 0 Å². The number of nitrogens with zero attached hydrogens (tertiary/aromatic N) is 2. The fraction of sp³-hybridized carbons (Fsp3) is 0.300. The molecule has 0 aromatic heterocycles. The van der Waals surface area contributed by atoms with Crippen LogP contribution in [-0.4, -0.2) is 43.1 Å². The van der Waals surface area contributed by atoms with Crippen molar-refractivity contribution in [3.05, 3.63) is 53.1 Å². The molecule has 3 amide bonds. The van der Waals surface area contributed by atoms with Crippen LogP contribution >= 0.6 is 11.6 Å². The standard InChI is InChI=1S/C20H22ClN3O3/c1-13-4-7-16(8-5-13)22-20(26)23-10-11-24(19(25)14(23)2)17-12-15(21)6-9-18(17)27-3/h4-9,12,14H,10-11H2,1-3H3,(H,22,26)/t14-/m0/s1. The first kappa shape index (κ1) is 19.0. The molecule has 0 spiro atoms. The first-order chi connectivity index (χ1) is 12.9. The maximum Gasteiger partial charge on any atom is 0.322 e. The minimum Gasteiger partial charge on any atom is -0.495 e. The molecule has 0 bridgehead atoms. The van der Waals surface area contributed by atoms with Gasteiger partial charge >= 0.3 is 6.03 Å². The zero-order valence-electron chi connectivity index (χ0n) is 15.5. The number of hydrogen-bond acceptors (Lipinski definition) is 3. The van der Waals surface area contributed by atoms with Gasteiger partial charge in [-0.15, -0.1) is 0 Å². The minimum absolute atomic E-state index is 0.180. The van der Waals surface area contributed by atoms with Gasteiger partial charge in [0.15, 0.2) is 0 Å². The molecule has 0 aliphatic carbocycles. The Hall–Kier alpha value is -2.73. The molecular weight excluding hydrogens is 366 g/mol. The smallest absolute Gasteiger partial charge is 0.322 e. The lowest BCUT2D eigenvalue weighted by atomic mass is 10.1. The number of ether oxygens (including phenoxy) is 1. The highest BCUT2D eigenvalue weighted by atomic mass is 35.5.